The maximum absolute atomic E-state index is 14.2. The van der Waals surface area contributed by atoms with Crippen molar-refractivity contribution < 1.29 is 32.3 Å². The molecular weight excluding hydrogens is 561 g/mol. The van der Waals surface area contributed by atoms with Gasteiger partial charge in [-0.1, -0.05) is 54.6 Å². The molecule has 2 N–H and O–H groups in total. The van der Waals surface area contributed by atoms with Crippen LogP contribution in [0.15, 0.2) is 103 Å². The Kier molecular flexibility index (Phi) is 8.24. The zero-order chi connectivity index (χ0) is 30.7. The van der Waals surface area contributed by atoms with E-state index in [1.807, 2.05) is 18.2 Å². The van der Waals surface area contributed by atoms with E-state index >= 15 is 0 Å². The van der Waals surface area contributed by atoms with Gasteiger partial charge in [-0.05, 0) is 41.5 Å². The summed E-state index contributed by atoms with van der Waals surface area (Å²) in [5, 5.41) is 5.43. The van der Waals surface area contributed by atoms with Gasteiger partial charge in [-0.15, -0.1) is 6.58 Å². The Morgan fingerprint density at radius 1 is 1.07 bits per heavy atom. The van der Waals surface area contributed by atoms with Gasteiger partial charge < -0.3 is 20.3 Å². The molecule has 5 rings (SSSR count). The van der Waals surface area contributed by atoms with Gasteiger partial charge in [-0.25, -0.2) is 4.79 Å². The molecule has 222 valence electrons. The summed E-state index contributed by atoms with van der Waals surface area (Å²) in [6, 6.07) is 17.5. The van der Waals surface area contributed by atoms with Gasteiger partial charge in [0.15, 0.2) is 0 Å². The van der Waals surface area contributed by atoms with Crippen LogP contribution in [0, 0.1) is 0 Å². The fraction of sp³-hybridized carbons (Fsp3) is 0.219. The summed E-state index contributed by atoms with van der Waals surface area (Å²) in [6.45, 7) is 3.53. The van der Waals surface area contributed by atoms with Crippen LogP contribution in [0.4, 0.5) is 23.7 Å². The van der Waals surface area contributed by atoms with Gasteiger partial charge in [0.1, 0.15) is 11.8 Å². The largest absolute Gasteiger partial charge is 0.497 e. The predicted octanol–water partition coefficient (Wildman–Crippen LogP) is 5.31. The fourth-order valence-electron chi connectivity index (χ4n) is 5.41. The Balaban J connectivity index is 1.55. The highest BCUT2D eigenvalue weighted by molar-refractivity contribution is 6.05. The van der Waals surface area contributed by atoms with Crippen molar-refractivity contribution in [2.24, 2.45) is 0 Å². The first-order valence-electron chi connectivity index (χ1n) is 13.5. The number of ether oxygens (including phenoxy) is 1. The van der Waals surface area contributed by atoms with Crippen molar-refractivity contribution in [3.63, 3.8) is 0 Å². The molecule has 43 heavy (non-hydrogen) atoms. The second-order valence-electron chi connectivity index (χ2n) is 10.1. The van der Waals surface area contributed by atoms with Crippen molar-refractivity contribution in [1.29, 1.82) is 0 Å². The van der Waals surface area contributed by atoms with E-state index in [0.29, 0.717) is 11.4 Å². The number of nitrogens with one attached hydrogen (secondary N) is 2. The highest BCUT2D eigenvalue weighted by atomic mass is 19.4. The summed E-state index contributed by atoms with van der Waals surface area (Å²) < 4.78 is 47.3. The molecule has 0 bridgehead atoms. The first-order chi connectivity index (χ1) is 20.6. The van der Waals surface area contributed by atoms with Gasteiger partial charge in [0.2, 0.25) is 5.91 Å². The molecule has 0 fully saturated rings. The van der Waals surface area contributed by atoms with Crippen LogP contribution in [0.25, 0.3) is 0 Å². The van der Waals surface area contributed by atoms with Crippen molar-refractivity contribution in [1.82, 2.24) is 15.1 Å². The molecule has 4 amide bonds. The standard InChI is InChI=1S/C32H29F3N4O4/c1-3-17-38-26-19-39(30(41)27(26)28(37-31(38)42)23-11-7-8-12-24(23)32(33,34)35)25(18-20-9-5-4-6-10-20)29(40)36-21-13-15-22(43-2)16-14-21/h3-16,25,28H,1,17-19H2,2H3,(H,36,40)(H,37,42)/t25-,28+/m0/s1. The van der Waals surface area contributed by atoms with Crippen LogP contribution < -0.4 is 15.4 Å². The molecule has 0 aliphatic carbocycles. The van der Waals surface area contributed by atoms with E-state index in [2.05, 4.69) is 17.2 Å². The van der Waals surface area contributed by atoms with Gasteiger partial charge in [0.05, 0.1) is 36.5 Å². The van der Waals surface area contributed by atoms with Crippen LogP contribution in [-0.2, 0) is 22.2 Å². The van der Waals surface area contributed by atoms with Crippen LogP contribution in [-0.4, -0.2) is 53.9 Å². The first kappa shape index (κ1) is 29.4. The molecule has 3 aromatic carbocycles. The second-order valence-corrected chi connectivity index (χ2v) is 10.1. The van der Waals surface area contributed by atoms with E-state index in [0.717, 1.165) is 11.6 Å². The maximum atomic E-state index is 14.2. The van der Waals surface area contributed by atoms with E-state index in [1.165, 1.54) is 41.2 Å². The van der Waals surface area contributed by atoms with Gasteiger partial charge in [-0.2, -0.15) is 13.2 Å². The van der Waals surface area contributed by atoms with Gasteiger partial charge >= 0.3 is 12.2 Å². The van der Waals surface area contributed by atoms with Gasteiger partial charge in [0.25, 0.3) is 5.91 Å². The van der Waals surface area contributed by atoms with E-state index in [-0.39, 0.29) is 36.3 Å². The molecule has 0 saturated heterocycles. The summed E-state index contributed by atoms with van der Waals surface area (Å²) >= 11 is 0. The minimum atomic E-state index is -4.73. The molecule has 2 aliphatic rings. The third kappa shape index (κ3) is 5.97. The number of methoxy groups -OCH3 is 1. The predicted molar refractivity (Wildman–Crippen MR) is 154 cm³/mol. The monoisotopic (exact) mass is 590 g/mol. The number of amides is 4. The molecule has 2 atom stereocenters. The Morgan fingerprint density at radius 2 is 1.74 bits per heavy atom. The number of carbonyl (C=O) groups is 3. The number of halogens is 3. The van der Waals surface area contributed by atoms with Crippen molar-refractivity contribution in [3.05, 3.63) is 119 Å². The number of nitrogens with zero attached hydrogens (tertiary/aromatic N) is 2. The first-order valence-corrected chi connectivity index (χ1v) is 13.5. The second kappa shape index (κ2) is 12.0. The topological polar surface area (TPSA) is 91.0 Å². The summed E-state index contributed by atoms with van der Waals surface area (Å²) in [5.41, 5.74) is 0.223. The van der Waals surface area contributed by atoms with E-state index in [1.54, 1.807) is 36.4 Å². The average Bonchev–Trinajstić information content (AvgIpc) is 3.34. The number of hydrogen-bond acceptors (Lipinski definition) is 4. The summed E-state index contributed by atoms with van der Waals surface area (Å²) in [7, 11) is 1.52. The lowest BCUT2D eigenvalue weighted by Gasteiger charge is -2.33. The number of hydrogen-bond donors (Lipinski definition) is 2. The van der Waals surface area contributed by atoms with Crippen LogP contribution in [0.2, 0.25) is 0 Å². The Bertz CT molecular complexity index is 1570. The van der Waals surface area contributed by atoms with E-state index in [4.69, 9.17) is 4.74 Å². The third-order valence-corrected chi connectivity index (χ3v) is 7.45. The van der Waals surface area contributed by atoms with Gasteiger partial charge in [-0.3, -0.25) is 14.5 Å². The van der Waals surface area contributed by atoms with Gasteiger partial charge in [0, 0.05) is 18.7 Å². The summed E-state index contributed by atoms with van der Waals surface area (Å²) in [5.74, 6) is -0.545. The lowest BCUT2D eigenvalue weighted by molar-refractivity contribution is -0.138. The molecule has 0 radical (unpaired) electrons. The van der Waals surface area contributed by atoms with Crippen molar-refractivity contribution in [3.8, 4) is 5.75 Å². The molecule has 0 saturated carbocycles. The number of anilines is 1. The molecule has 8 nitrogen and oxygen atoms in total. The molecular formula is C32H29F3N4O4. The van der Waals surface area contributed by atoms with Crippen molar-refractivity contribution in [2.45, 2.75) is 24.7 Å². The number of alkyl halides is 3. The van der Waals surface area contributed by atoms with Crippen LogP contribution in [0.3, 0.4) is 0 Å². The molecule has 11 heteroatoms. The smallest absolute Gasteiger partial charge is 0.416 e. The molecule has 0 spiro atoms. The Morgan fingerprint density at radius 3 is 2.40 bits per heavy atom. The summed E-state index contributed by atoms with van der Waals surface area (Å²) in [4.78, 5) is 43.8. The fourth-order valence-corrected chi connectivity index (χ4v) is 5.41. The molecule has 3 aromatic rings. The lowest BCUT2D eigenvalue weighted by Crippen LogP contribution is -2.47. The molecule has 2 aliphatic heterocycles. The SMILES string of the molecule is C=CCN1C(=O)N[C@H](c2ccccc2C(F)(F)F)C2=C1CN([C@@H](Cc1ccccc1)C(=O)Nc1ccc(OC)cc1)C2=O. The molecule has 0 unspecified atom stereocenters. The lowest BCUT2D eigenvalue weighted by atomic mass is 9.91. The summed E-state index contributed by atoms with van der Waals surface area (Å²) in [6.07, 6.45) is -3.14. The highest BCUT2D eigenvalue weighted by Gasteiger charge is 2.48. The maximum Gasteiger partial charge on any atom is 0.416 e. The zero-order valence-corrected chi connectivity index (χ0v) is 23.2. The normalized spacial score (nSPS) is 17.3. The zero-order valence-electron chi connectivity index (χ0n) is 23.2. The van der Waals surface area contributed by atoms with Crippen molar-refractivity contribution in [2.75, 3.05) is 25.5 Å². The average molecular weight is 591 g/mol. The Hall–Kier alpha value is -5.06. The van der Waals surface area contributed by atoms with Crippen LogP contribution >= 0.6 is 0 Å². The molecule has 2 heterocycles. The minimum Gasteiger partial charge on any atom is -0.497 e. The van der Waals surface area contributed by atoms with Crippen LogP contribution in [0.1, 0.15) is 22.7 Å². The Labute approximate surface area is 246 Å². The third-order valence-electron chi connectivity index (χ3n) is 7.45. The number of carbonyl (C=O) groups excluding carboxylic acids is 3. The number of urea groups is 1. The van der Waals surface area contributed by atoms with E-state index < -0.39 is 41.7 Å². The van der Waals surface area contributed by atoms with E-state index in [9.17, 15) is 27.6 Å². The minimum absolute atomic E-state index is 0.0147. The number of rotatable bonds is 9. The number of benzene rings is 3. The highest BCUT2D eigenvalue weighted by Crippen LogP contribution is 2.42. The van der Waals surface area contributed by atoms with Crippen molar-refractivity contribution >= 4 is 23.5 Å². The molecule has 0 aromatic heterocycles. The quantitative estimate of drug-likeness (QED) is 0.331. The van der Waals surface area contributed by atoms with Crippen LogP contribution in [0.5, 0.6) is 5.75 Å².